The Bertz CT molecular complexity index is 720. The summed E-state index contributed by atoms with van der Waals surface area (Å²) in [7, 11) is 1.57. The molecule has 0 aliphatic carbocycles. The largest absolute Gasteiger partial charge is 0.484 e. The lowest BCUT2D eigenvalue weighted by Crippen LogP contribution is -2.49. The summed E-state index contributed by atoms with van der Waals surface area (Å²) in [6.07, 6.45) is 0.504. The van der Waals surface area contributed by atoms with E-state index in [1.165, 1.54) is 0 Å². The summed E-state index contributed by atoms with van der Waals surface area (Å²) < 4.78 is 5.57. The molecule has 0 heterocycles. The van der Waals surface area contributed by atoms with Gasteiger partial charge in [-0.25, -0.2) is 0 Å². The lowest BCUT2D eigenvalue weighted by atomic mass is 10.1. The zero-order valence-corrected chi connectivity index (χ0v) is 15.7. The van der Waals surface area contributed by atoms with Gasteiger partial charge in [-0.2, -0.15) is 0 Å². The second-order valence-electron chi connectivity index (χ2n) is 5.79. The van der Waals surface area contributed by atoms with Crippen LogP contribution in [0.25, 0.3) is 0 Å². The second-order valence-corrected chi connectivity index (χ2v) is 6.22. The third-order valence-corrected chi connectivity index (χ3v) is 4.26. The molecule has 0 saturated heterocycles. The van der Waals surface area contributed by atoms with Crippen molar-refractivity contribution in [2.24, 2.45) is 0 Å². The van der Waals surface area contributed by atoms with Gasteiger partial charge in [0.2, 0.25) is 5.91 Å². The van der Waals surface area contributed by atoms with Crippen molar-refractivity contribution in [3.8, 4) is 5.75 Å². The van der Waals surface area contributed by atoms with Crippen molar-refractivity contribution >= 4 is 23.4 Å². The standard InChI is InChI=1S/C20H23ClN2O3/c1-3-18(20(25)22-2)23(13-15-9-11-16(21)12-10-15)19(24)14-26-17-7-5-4-6-8-17/h4-12,18H,3,13-14H2,1-2H3,(H,22,25). The maximum Gasteiger partial charge on any atom is 0.261 e. The van der Waals surface area contributed by atoms with Crippen LogP contribution in [-0.4, -0.2) is 36.4 Å². The molecule has 2 aromatic carbocycles. The van der Waals surface area contributed by atoms with Crippen LogP contribution in [0, 0.1) is 0 Å². The fourth-order valence-electron chi connectivity index (χ4n) is 2.62. The van der Waals surface area contributed by atoms with Crippen LogP contribution >= 0.6 is 11.6 Å². The molecule has 138 valence electrons. The van der Waals surface area contributed by atoms with Crippen molar-refractivity contribution in [2.75, 3.05) is 13.7 Å². The van der Waals surface area contributed by atoms with Crippen LogP contribution in [0.2, 0.25) is 5.02 Å². The summed E-state index contributed by atoms with van der Waals surface area (Å²) in [5.74, 6) is 0.161. The van der Waals surface area contributed by atoms with Crippen LogP contribution in [0.5, 0.6) is 5.75 Å². The average molecular weight is 375 g/mol. The number of carbonyl (C=O) groups is 2. The normalized spacial score (nSPS) is 11.5. The summed E-state index contributed by atoms with van der Waals surface area (Å²) in [6.45, 7) is 2.05. The molecule has 1 unspecified atom stereocenters. The van der Waals surface area contributed by atoms with Crippen LogP contribution in [0.3, 0.4) is 0 Å². The van der Waals surface area contributed by atoms with Crippen molar-refractivity contribution in [1.29, 1.82) is 0 Å². The number of para-hydroxylation sites is 1. The first-order valence-electron chi connectivity index (χ1n) is 8.48. The minimum absolute atomic E-state index is 0.134. The lowest BCUT2D eigenvalue weighted by molar-refractivity contribution is -0.142. The first-order chi connectivity index (χ1) is 12.5. The highest BCUT2D eigenvalue weighted by molar-refractivity contribution is 6.30. The molecule has 0 aliphatic heterocycles. The van der Waals surface area contributed by atoms with Crippen LogP contribution < -0.4 is 10.1 Å². The molecule has 2 amide bonds. The van der Waals surface area contributed by atoms with Crippen LogP contribution in [0.15, 0.2) is 54.6 Å². The minimum Gasteiger partial charge on any atom is -0.484 e. The Morgan fingerprint density at radius 2 is 1.77 bits per heavy atom. The van der Waals surface area contributed by atoms with Crippen LogP contribution in [0.1, 0.15) is 18.9 Å². The first-order valence-corrected chi connectivity index (χ1v) is 8.86. The summed E-state index contributed by atoms with van der Waals surface area (Å²) in [4.78, 5) is 26.6. The highest BCUT2D eigenvalue weighted by Crippen LogP contribution is 2.16. The quantitative estimate of drug-likeness (QED) is 0.771. The summed E-state index contributed by atoms with van der Waals surface area (Å²) in [6, 6.07) is 15.8. The number of amides is 2. The molecule has 2 rings (SSSR count). The van der Waals surface area contributed by atoms with E-state index in [9.17, 15) is 9.59 Å². The Labute approximate surface area is 158 Å². The molecule has 6 heteroatoms. The smallest absolute Gasteiger partial charge is 0.261 e. The van der Waals surface area contributed by atoms with Crippen molar-refractivity contribution in [3.63, 3.8) is 0 Å². The fourth-order valence-corrected chi connectivity index (χ4v) is 2.74. The average Bonchev–Trinajstić information content (AvgIpc) is 2.68. The van der Waals surface area contributed by atoms with Gasteiger partial charge in [0.05, 0.1) is 0 Å². The van der Waals surface area contributed by atoms with Gasteiger partial charge in [-0.1, -0.05) is 48.9 Å². The number of ether oxygens (including phenoxy) is 1. The number of benzene rings is 2. The Balaban J connectivity index is 2.16. The Hall–Kier alpha value is -2.53. The van der Waals surface area contributed by atoms with Gasteiger partial charge in [-0.05, 0) is 36.2 Å². The number of nitrogens with zero attached hydrogens (tertiary/aromatic N) is 1. The van der Waals surface area contributed by atoms with Gasteiger partial charge in [0.1, 0.15) is 11.8 Å². The Kier molecular flexibility index (Phi) is 7.48. The molecule has 0 aliphatic rings. The summed E-state index contributed by atoms with van der Waals surface area (Å²) >= 11 is 5.93. The van der Waals surface area contributed by atoms with Crippen LogP contribution in [-0.2, 0) is 16.1 Å². The van der Waals surface area contributed by atoms with Gasteiger partial charge in [-0.3, -0.25) is 9.59 Å². The molecule has 1 atom stereocenters. The summed E-state index contributed by atoms with van der Waals surface area (Å²) in [5, 5.41) is 3.25. The van der Waals surface area contributed by atoms with E-state index in [1.54, 1.807) is 36.2 Å². The van der Waals surface area contributed by atoms with Crippen molar-refractivity contribution < 1.29 is 14.3 Å². The zero-order chi connectivity index (χ0) is 18.9. The van der Waals surface area contributed by atoms with Gasteiger partial charge < -0.3 is 15.0 Å². The topological polar surface area (TPSA) is 58.6 Å². The molecule has 2 aromatic rings. The van der Waals surface area contributed by atoms with E-state index in [0.717, 1.165) is 5.56 Å². The molecule has 0 radical (unpaired) electrons. The van der Waals surface area contributed by atoms with Crippen molar-refractivity contribution in [2.45, 2.75) is 25.9 Å². The number of rotatable bonds is 8. The molecule has 1 N–H and O–H groups in total. The zero-order valence-electron chi connectivity index (χ0n) is 14.9. The molecule has 0 spiro atoms. The van der Waals surface area contributed by atoms with Crippen molar-refractivity contribution in [1.82, 2.24) is 10.2 Å². The molecule has 5 nitrogen and oxygen atoms in total. The van der Waals surface area contributed by atoms with E-state index < -0.39 is 6.04 Å². The number of hydrogen-bond acceptors (Lipinski definition) is 3. The minimum atomic E-state index is -0.567. The molecular weight excluding hydrogens is 352 g/mol. The van der Waals surface area contributed by atoms with Crippen molar-refractivity contribution in [3.05, 3.63) is 65.2 Å². The number of nitrogens with one attached hydrogen (secondary N) is 1. The Morgan fingerprint density at radius 3 is 2.35 bits per heavy atom. The molecule has 26 heavy (non-hydrogen) atoms. The van der Waals surface area contributed by atoms with E-state index in [2.05, 4.69) is 5.32 Å². The molecular formula is C20H23ClN2O3. The number of carbonyl (C=O) groups excluding carboxylic acids is 2. The SMILES string of the molecule is CCC(C(=O)NC)N(Cc1ccc(Cl)cc1)C(=O)COc1ccccc1. The third kappa shape index (κ3) is 5.49. The number of likely N-dealkylation sites (N-methyl/N-ethyl adjacent to an activating group) is 1. The monoisotopic (exact) mass is 374 g/mol. The van der Waals surface area contributed by atoms with Gasteiger partial charge in [-0.15, -0.1) is 0 Å². The predicted molar refractivity (Wildman–Crippen MR) is 102 cm³/mol. The maximum absolute atomic E-state index is 12.8. The van der Waals surface area contributed by atoms with Gasteiger partial charge >= 0.3 is 0 Å². The lowest BCUT2D eigenvalue weighted by Gasteiger charge is -2.30. The molecule has 0 bridgehead atoms. The van der Waals surface area contributed by atoms with Crippen LogP contribution in [0.4, 0.5) is 0 Å². The van der Waals surface area contributed by atoms with E-state index >= 15 is 0 Å². The maximum atomic E-state index is 12.8. The van der Waals surface area contributed by atoms with E-state index in [4.69, 9.17) is 16.3 Å². The van der Waals surface area contributed by atoms with Gasteiger partial charge in [0, 0.05) is 18.6 Å². The first kappa shape index (κ1) is 19.8. The third-order valence-electron chi connectivity index (χ3n) is 4.00. The molecule has 0 fully saturated rings. The highest BCUT2D eigenvalue weighted by Gasteiger charge is 2.28. The Morgan fingerprint density at radius 1 is 1.12 bits per heavy atom. The summed E-state index contributed by atoms with van der Waals surface area (Å²) in [5.41, 5.74) is 0.893. The fraction of sp³-hybridized carbons (Fsp3) is 0.300. The number of halogens is 1. The van der Waals surface area contributed by atoms with Gasteiger partial charge in [0.15, 0.2) is 6.61 Å². The molecule has 0 saturated carbocycles. The van der Waals surface area contributed by atoms with E-state index in [0.29, 0.717) is 23.7 Å². The van der Waals surface area contributed by atoms with E-state index in [1.807, 2.05) is 37.3 Å². The molecule has 0 aromatic heterocycles. The second kappa shape index (κ2) is 9.82. The highest BCUT2D eigenvalue weighted by atomic mass is 35.5. The van der Waals surface area contributed by atoms with E-state index in [-0.39, 0.29) is 18.4 Å². The number of hydrogen-bond donors (Lipinski definition) is 1. The van der Waals surface area contributed by atoms with Gasteiger partial charge in [0.25, 0.3) is 5.91 Å². The predicted octanol–water partition coefficient (Wildman–Crippen LogP) is 3.27.